The molecular weight excluding hydrogens is 244 g/mol. The van der Waals surface area contributed by atoms with Crippen molar-refractivity contribution in [3.63, 3.8) is 0 Å². The molecule has 1 fully saturated rings. The Morgan fingerprint density at radius 3 is 2.47 bits per heavy atom. The van der Waals surface area contributed by atoms with Gasteiger partial charge in [0.15, 0.2) is 0 Å². The van der Waals surface area contributed by atoms with Crippen molar-refractivity contribution in [2.75, 3.05) is 0 Å². The summed E-state index contributed by atoms with van der Waals surface area (Å²) in [6.07, 6.45) is 5.39. The van der Waals surface area contributed by atoms with Gasteiger partial charge in [0, 0.05) is 25.1 Å². The van der Waals surface area contributed by atoms with Gasteiger partial charge in [0.25, 0.3) is 5.69 Å². The van der Waals surface area contributed by atoms with E-state index in [4.69, 9.17) is 0 Å². The van der Waals surface area contributed by atoms with Gasteiger partial charge in [-0.3, -0.25) is 14.9 Å². The third kappa shape index (κ3) is 4.05. The van der Waals surface area contributed by atoms with Gasteiger partial charge in [-0.1, -0.05) is 25.0 Å². The van der Waals surface area contributed by atoms with Crippen molar-refractivity contribution in [3.05, 3.63) is 39.9 Å². The number of rotatable bonds is 5. The van der Waals surface area contributed by atoms with Crippen LogP contribution in [0, 0.1) is 16.0 Å². The third-order valence-electron chi connectivity index (χ3n) is 3.59. The first-order chi connectivity index (χ1) is 9.15. The van der Waals surface area contributed by atoms with Gasteiger partial charge in [-0.05, 0) is 24.3 Å². The lowest BCUT2D eigenvalue weighted by molar-refractivity contribution is -0.384. The molecule has 0 bridgehead atoms. The molecule has 0 radical (unpaired) electrons. The lowest BCUT2D eigenvalue weighted by Gasteiger charge is -2.09. The maximum absolute atomic E-state index is 11.7. The second-order valence-corrected chi connectivity index (χ2v) is 5.05. The Morgan fingerprint density at radius 2 is 1.89 bits per heavy atom. The number of benzene rings is 1. The van der Waals surface area contributed by atoms with Gasteiger partial charge >= 0.3 is 0 Å². The fourth-order valence-corrected chi connectivity index (χ4v) is 2.49. The first-order valence-electron chi connectivity index (χ1n) is 6.65. The Hall–Kier alpha value is -1.91. The van der Waals surface area contributed by atoms with Crippen LogP contribution in [0.15, 0.2) is 24.3 Å². The van der Waals surface area contributed by atoms with Crippen LogP contribution in [0.4, 0.5) is 5.69 Å². The van der Waals surface area contributed by atoms with Gasteiger partial charge in [0.05, 0.1) is 4.92 Å². The highest BCUT2D eigenvalue weighted by Gasteiger charge is 2.18. The maximum Gasteiger partial charge on any atom is 0.269 e. The van der Waals surface area contributed by atoms with E-state index in [-0.39, 0.29) is 11.6 Å². The van der Waals surface area contributed by atoms with Gasteiger partial charge in [0.1, 0.15) is 0 Å². The summed E-state index contributed by atoms with van der Waals surface area (Å²) in [5.41, 5.74) is 0.950. The topological polar surface area (TPSA) is 72.2 Å². The van der Waals surface area contributed by atoms with Crippen molar-refractivity contribution in [3.8, 4) is 0 Å². The molecule has 2 rings (SSSR count). The number of hydrogen-bond donors (Lipinski definition) is 1. The van der Waals surface area contributed by atoms with E-state index in [0.29, 0.717) is 18.9 Å². The minimum Gasteiger partial charge on any atom is -0.352 e. The third-order valence-corrected chi connectivity index (χ3v) is 3.59. The van der Waals surface area contributed by atoms with Crippen LogP contribution in [-0.4, -0.2) is 10.8 Å². The second-order valence-electron chi connectivity index (χ2n) is 5.05. The summed E-state index contributed by atoms with van der Waals surface area (Å²) in [6.45, 7) is 0.434. The molecule has 1 aromatic carbocycles. The van der Waals surface area contributed by atoms with Crippen LogP contribution >= 0.6 is 0 Å². The number of non-ortho nitro benzene ring substituents is 1. The molecule has 0 aliphatic heterocycles. The van der Waals surface area contributed by atoms with Crippen molar-refractivity contribution < 1.29 is 9.72 Å². The van der Waals surface area contributed by atoms with E-state index in [1.807, 2.05) is 0 Å². The number of nitro groups is 1. The van der Waals surface area contributed by atoms with E-state index in [2.05, 4.69) is 5.32 Å². The summed E-state index contributed by atoms with van der Waals surface area (Å²) in [5, 5.41) is 13.4. The molecule has 1 aromatic rings. The highest BCUT2D eigenvalue weighted by atomic mass is 16.6. The molecule has 5 heteroatoms. The average Bonchev–Trinajstić information content (AvgIpc) is 2.89. The predicted octanol–water partition coefficient (Wildman–Crippen LogP) is 2.79. The number of nitro benzene ring substituents is 1. The summed E-state index contributed by atoms with van der Waals surface area (Å²) in [5.74, 6) is 0.613. The zero-order valence-electron chi connectivity index (χ0n) is 10.8. The average molecular weight is 262 g/mol. The Morgan fingerprint density at radius 1 is 1.26 bits per heavy atom. The zero-order valence-corrected chi connectivity index (χ0v) is 10.8. The molecule has 0 aromatic heterocycles. The highest BCUT2D eigenvalue weighted by Crippen LogP contribution is 2.27. The van der Waals surface area contributed by atoms with Crippen LogP contribution in [0.3, 0.4) is 0 Å². The summed E-state index contributed by atoms with van der Waals surface area (Å²) >= 11 is 0. The number of amides is 1. The fraction of sp³-hybridized carbons (Fsp3) is 0.500. The van der Waals surface area contributed by atoms with Gasteiger partial charge in [-0.2, -0.15) is 0 Å². The van der Waals surface area contributed by atoms with E-state index < -0.39 is 4.92 Å². The maximum atomic E-state index is 11.7. The number of nitrogens with one attached hydrogen (secondary N) is 1. The minimum atomic E-state index is -0.428. The fourth-order valence-electron chi connectivity index (χ4n) is 2.49. The Labute approximate surface area is 112 Å². The van der Waals surface area contributed by atoms with Crippen LogP contribution in [0.25, 0.3) is 0 Å². The monoisotopic (exact) mass is 262 g/mol. The van der Waals surface area contributed by atoms with Gasteiger partial charge in [0.2, 0.25) is 5.91 Å². The van der Waals surface area contributed by atoms with Crippen LogP contribution in [0.5, 0.6) is 0 Å². The molecule has 5 nitrogen and oxygen atoms in total. The first-order valence-corrected chi connectivity index (χ1v) is 6.65. The Bertz CT molecular complexity index is 450. The summed E-state index contributed by atoms with van der Waals surface area (Å²) in [6, 6.07) is 6.26. The van der Waals surface area contributed by atoms with E-state index >= 15 is 0 Å². The summed E-state index contributed by atoms with van der Waals surface area (Å²) < 4.78 is 0. The van der Waals surface area contributed by atoms with E-state index in [9.17, 15) is 14.9 Å². The molecule has 0 heterocycles. The molecule has 0 saturated heterocycles. The lowest BCUT2D eigenvalue weighted by Crippen LogP contribution is -2.24. The SMILES string of the molecule is O=C(CC1CCCC1)NCc1ccc([N+](=O)[O-])cc1. The molecule has 1 aliphatic carbocycles. The summed E-state index contributed by atoms with van der Waals surface area (Å²) in [7, 11) is 0. The van der Waals surface area contributed by atoms with Crippen molar-refractivity contribution in [1.29, 1.82) is 0 Å². The van der Waals surface area contributed by atoms with Gasteiger partial charge in [-0.25, -0.2) is 0 Å². The molecule has 0 atom stereocenters. The molecule has 1 amide bonds. The number of nitrogens with zero attached hydrogens (tertiary/aromatic N) is 1. The molecular formula is C14H18N2O3. The lowest BCUT2D eigenvalue weighted by atomic mass is 10.0. The van der Waals surface area contributed by atoms with Crippen LogP contribution in [0.1, 0.15) is 37.7 Å². The smallest absolute Gasteiger partial charge is 0.269 e. The van der Waals surface area contributed by atoms with Gasteiger partial charge in [-0.15, -0.1) is 0 Å². The number of hydrogen-bond acceptors (Lipinski definition) is 3. The van der Waals surface area contributed by atoms with Crippen molar-refractivity contribution in [1.82, 2.24) is 5.32 Å². The van der Waals surface area contributed by atoms with Crippen LogP contribution in [-0.2, 0) is 11.3 Å². The molecule has 1 aliphatic rings. The van der Waals surface area contributed by atoms with Crippen molar-refractivity contribution in [2.45, 2.75) is 38.6 Å². The second kappa shape index (κ2) is 6.31. The van der Waals surface area contributed by atoms with E-state index in [1.54, 1.807) is 12.1 Å². The molecule has 1 N–H and O–H groups in total. The standard InChI is InChI=1S/C14H18N2O3/c17-14(9-11-3-1-2-4-11)15-10-12-5-7-13(8-6-12)16(18)19/h5-8,11H,1-4,9-10H2,(H,15,17). The predicted molar refractivity (Wildman–Crippen MR) is 71.5 cm³/mol. The Balaban J connectivity index is 1.77. The molecule has 0 unspecified atom stereocenters. The van der Waals surface area contributed by atoms with Crippen LogP contribution in [0.2, 0.25) is 0 Å². The zero-order chi connectivity index (χ0) is 13.7. The first kappa shape index (κ1) is 13.5. The highest BCUT2D eigenvalue weighted by molar-refractivity contribution is 5.76. The Kier molecular flexibility index (Phi) is 4.49. The molecule has 0 spiro atoms. The normalized spacial score (nSPS) is 15.4. The van der Waals surface area contributed by atoms with Crippen molar-refractivity contribution in [2.24, 2.45) is 5.92 Å². The van der Waals surface area contributed by atoms with Crippen LogP contribution < -0.4 is 5.32 Å². The molecule has 1 saturated carbocycles. The summed E-state index contributed by atoms with van der Waals surface area (Å²) in [4.78, 5) is 21.8. The molecule has 19 heavy (non-hydrogen) atoms. The molecule has 102 valence electrons. The van der Waals surface area contributed by atoms with E-state index in [0.717, 1.165) is 18.4 Å². The quantitative estimate of drug-likeness (QED) is 0.655. The number of carbonyl (C=O) groups is 1. The van der Waals surface area contributed by atoms with Gasteiger partial charge < -0.3 is 5.32 Å². The van der Waals surface area contributed by atoms with E-state index in [1.165, 1.54) is 25.0 Å². The largest absolute Gasteiger partial charge is 0.352 e. The number of carbonyl (C=O) groups excluding carboxylic acids is 1. The minimum absolute atomic E-state index is 0.0704. The van der Waals surface area contributed by atoms with Crippen molar-refractivity contribution >= 4 is 11.6 Å².